The van der Waals surface area contributed by atoms with E-state index in [1.807, 2.05) is 31.2 Å². The average molecular weight is 428 g/mol. The number of benzene rings is 1. The predicted octanol–water partition coefficient (Wildman–Crippen LogP) is 2.58. The molecule has 0 radical (unpaired) electrons. The van der Waals surface area contributed by atoms with E-state index < -0.39 is 6.04 Å². The molecule has 166 valence electrons. The van der Waals surface area contributed by atoms with Gasteiger partial charge in [0, 0.05) is 31.6 Å². The van der Waals surface area contributed by atoms with Crippen LogP contribution in [0.1, 0.15) is 53.9 Å². The Labute approximate surface area is 181 Å². The van der Waals surface area contributed by atoms with Crippen LogP contribution in [-0.4, -0.2) is 48.9 Å². The summed E-state index contributed by atoms with van der Waals surface area (Å²) in [6, 6.07) is 8.66. The topological polar surface area (TPSA) is 101 Å². The van der Waals surface area contributed by atoms with Gasteiger partial charge in [-0.05, 0) is 43.5 Å². The number of nitrogens with zero attached hydrogens (tertiary/aromatic N) is 1. The maximum absolute atomic E-state index is 12.9. The SMILES string of the molecule is COc1ccc(C(CC(=O)N2CCC(NC(=O)c3occc3C)CC2)NC(C)=O)cc1. The van der Waals surface area contributed by atoms with Gasteiger partial charge in [-0.3, -0.25) is 14.4 Å². The molecule has 3 rings (SSSR count). The average Bonchev–Trinajstić information content (AvgIpc) is 3.19. The quantitative estimate of drug-likeness (QED) is 0.707. The second-order valence-corrected chi connectivity index (χ2v) is 7.79. The summed E-state index contributed by atoms with van der Waals surface area (Å²) in [5.41, 5.74) is 1.65. The van der Waals surface area contributed by atoms with Gasteiger partial charge in [-0.15, -0.1) is 0 Å². The van der Waals surface area contributed by atoms with Crippen molar-refractivity contribution in [1.82, 2.24) is 15.5 Å². The highest BCUT2D eigenvalue weighted by molar-refractivity contribution is 5.93. The largest absolute Gasteiger partial charge is 0.497 e. The molecule has 1 aliphatic heterocycles. The number of nitrogens with one attached hydrogen (secondary N) is 2. The molecule has 1 aliphatic rings. The molecule has 2 N–H and O–H groups in total. The molecule has 0 bridgehead atoms. The number of carbonyl (C=O) groups is 3. The Morgan fingerprint density at radius 1 is 1.16 bits per heavy atom. The number of furan rings is 1. The lowest BCUT2D eigenvalue weighted by Crippen LogP contribution is -2.47. The zero-order valence-electron chi connectivity index (χ0n) is 18.1. The molecule has 1 saturated heterocycles. The van der Waals surface area contributed by atoms with E-state index in [2.05, 4.69) is 10.6 Å². The van der Waals surface area contributed by atoms with Crippen molar-refractivity contribution in [2.45, 2.75) is 45.2 Å². The fraction of sp³-hybridized carbons (Fsp3) is 0.435. The minimum absolute atomic E-state index is 0.00576. The van der Waals surface area contributed by atoms with Gasteiger partial charge >= 0.3 is 0 Å². The van der Waals surface area contributed by atoms with Gasteiger partial charge in [0.15, 0.2) is 5.76 Å². The number of methoxy groups -OCH3 is 1. The van der Waals surface area contributed by atoms with Crippen LogP contribution in [0.4, 0.5) is 0 Å². The Morgan fingerprint density at radius 3 is 2.39 bits per heavy atom. The molecule has 1 aromatic heterocycles. The molecule has 2 aromatic rings. The van der Waals surface area contributed by atoms with E-state index in [0.717, 1.165) is 11.1 Å². The minimum atomic E-state index is -0.407. The summed E-state index contributed by atoms with van der Waals surface area (Å²) in [6.45, 7) is 4.37. The van der Waals surface area contributed by atoms with Crippen LogP contribution in [0.25, 0.3) is 0 Å². The zero-order chi connectivity index (χ0) is 22.4. The Hall–Kier alpha value is -3.29. The fourth-order valence-corrected chi connectivity index (χ4v) is 3.77. The van der Waals surface area contributed by atoms with Gasteiger partial charge < -0.3 is 24.7 Å². The summed E-state index contributed by atoms with van der Waals surface area (Å²) in [7, 11) is 1.59. The monoisotopic (exact) mass is 427 g/mol. The summed E-state index contributed by atoms with van der Waals surface area (Å²) < 4.78 is 10.4. The number of hydrogen-bond acceptors (Lipinski definition) is 5. The molecule has 2 heterocycles. The molecular formula is C23H29N3O5. The van der Waals surface area contributed by atoms with E-state index in [0.29, 0.717) is 37.4 Å². The van der Waals surface area contributed by atoms with Crippen molar-refractivity contribution >= 4 is 17.7 Å². The third-order valence-electron chi connectivity index (χ3n) is 5.53. The maximum Gasteiger partial charge on any atom is 0.287 e. The molecule has 1 unspecified atom stereocenters. The van der Waals surface area contributed by atoms with E-state index in [1.165, 1.54) is 13.2 Å². The number of carbonyl (C=O) groups excluding carboxylic acids is 3. The summed E-state index contributed by atoms with van der Waals surface area (Å²) in [5, 5.41) is 5.85. The molecule has 31 heavy (non-hydrogen) atoms. The van der Waals surface area contributed by atoms with Gasteiger partial charge in [0.05, 0.1) is 25.8 Å². The van der Waals surface area contributed by atoms with Gasteiger partial charge in [-0.1, -0.05) is 12.1 Å². The van der Waals surface area contributed by atoms with Crippen molar-refractivity contribution in [3.8, 4) is 5.75 Å². The summed E-state index contributed by atoms with van der Waals surface area (Å²) >= 11 is 0. The van der Waals surface area contributed by atoms with Crippen molar-refractivity contribution < 1.29 is 23.5 Å². The van der Waals surface area contributed by atoms with Crippen LogP contribution < -0.4 is 15.4 Å². The molecule has 0 aliphatic carbocycles. The highest BCUT2D eigenvalue weighted by Gasteiger charge is 2.27. The molecule has 0 spiro atoms. The van der Waals surface area contributed by atoms with Crippen LogP contribution in [0.3, 0.4) is 0 Å². The first-order chi connectivity index (χ1) is 14.9. The molecule has 1 aromatic carbocycles. The summed E-state index contributed by atoms with van der Waals surface area (Å²) in [5.74, 6) is 0.601. The Kier molecular flexibility index (Phi) is 7.33. The number of piperidine rings is 1. The van der Waals surface area contributed by atoms with Gasteiger partial charge in [0.1, 0.15) is 5.75 Å². The third-order valence-corrected chi connectivity index (χ3v) is 5.53. The van der Waals surface area contributed by atoms with Crippen molar-refractivity contribution in [2.24, 2.45) is 0 Å². The standard InChI is InChI=1S/C23H29N3O5/c1-15-10-13-31-22(15)23(29)25-18-8-11-26(12-9-18)21(28)14-20(24-16(2)27)17-4-6-19(30-3)7-5-17/h4-7,10,13,18,20H,8-9,11-12,14H2,1-3H3,(H,24,27)(H,25,29). The first-order valence-electron chi connectivity index (χ1n) is 10.4. The van der Waals surface area contributed by atoms with Crippen LogP contribution in [0.15, 0.2) is 41.0 Å². The molecule has 1 atom stereocenters. The lowest BCUT2D eigenvalue weighted by Gasteiger charge is -2.33. The number of hydrogen-bond donors (Lipinski definition) is 2. The molecular weight excluding hydrogens is 398 g/mol. The second-order valence-electron chi connectivity index (χ2n) is 7.79. The normalized spacial score (nSPS) is 15.3. The fourth-order valence-electron chi connectivity index (χ4n) is 3.77. The van der Waals surface area contributed by atoms with E-state index in [1.54, 1.807) is 18.1 Å². The van der Waals surface area contributed by atoms with Gasteiger partial charge in [-0.2, -0.15) is 0 Å². The minimum Gasteiger partial charge on any atom is -0.497 e. The van der Waals surface area contributed by atoms with Crippen LogP contribution in [-0.2, 0) is 9.59 Å². The van der Waals surface area contributed by atoms with Crippen LogP contribution in [0.5, 0.6) is 5.75 Å². The summed E-state index contributed by atoms with van der Waals surface area (Å²) in [4.78, 5) is 38.7. The highest BCUT2D eigenvalue weighted by atomic mass is 16.5. The highest BCUT2D eigenvalue weighted by Crippen LogP contribution is 2.22. The van der Waals surface area contributed by atoms with E-state index in [9.17, 15) is 14.4 Å². The third kappa shape index (κ3) is 5.87. The molecule has 8 nitrogen and oxygen atoms in total. The number of amides is 3. The number of aryl methyl sites for hydroxylation is 1. The van der Waals surface area contributed by atoms with E-state index >= 15 is 0 Å². The predicted molar refractivity (Wildman–Crippen MR) is 115 cm³/mol. The first kappa shape index (κ1) is 22.4. The Morgan fingerprint density at radius 2 is 1.84 bits per heavy atom. The molecule has 1 fully saturated rings. The van der Waals surface area contributed by atoms with Crippen molar-refractivity contribution in [2.75, 3.05) is 20.2 Å². The van der Waals surface area contributed by atoms with Crippen LogP contribution >= 0.6 is 0 Å². The van der Waals surface area contributed by atoms with E-state index in [4.69, 9.17) is 9.15 Å². The molecule has 8 heteroatoms. The Bertz CT molecular complexity index is 914. The van der Waals surface area contributed by atoms with Crippen molar-refractivity contribution in [3.63, 3.8) is 0 Å². The first-order valence-corrected chi connectivity index (χ1v) is 10.4. The zero-order valence-corrected chi connectivity index (χ0v) is 18.1. The number of likely N-dealkylation sites (tertiary alicyclic amines) is 1. The van der Waals surface area contributed by atoms with E-state index in [-0.39, 0.29) is 30.2 Å². The van der Waals surface area contributed by atoms with Crippen molar-refractivity contribution in [1.29, 1.82) is 0 Å². The lowest BCUT2D eigenvalue weighted by atomic mass is 10.0. The smallest absolute Gasteiger partial charge is 0.287 e. The number of ether oxygens (including phenoxy) is 1. The second kappa shape index (κ2) is 10.1. The van der Waals surface area contributed by atoms with Gasteiger partial charge in [-0.25, -0.2) is 0 Å². The molecule has 3 amide bonds. The lowest BCUT2D eigenvalue weighted by molar-refractivity contribution is -0.133. The number of rotatable bonds is 7. The Balaban J connectivity index is 1.55. The van der Waals surface area contributed by atoms with Gasteiger partial charge in [0.25, 0.3) is 5.91 Å². The van der Waals surface area contributed by atoms with Gasteiger partial charge in [0.2, 0.25) is 11.8 Å². The van der Waals surface area contributed by atoms with Crippen LogP contribution in [0.2, 0.25) is 0 Å². The van der Waals surface area contributed by atoms with Crippen molar-refractivity contribution in [3.05, 3.63) is 53.5 Å². The van der Waals surface area contributed by atoms with Crippen LogP contribution in [0, 0.1) is 6.92 Å². The summed E-state index contributed by atoms with van der Waals surface area (Å²) in [6.07, 6.45) is 3.02. The molecule has 0 saturated carbocycles. The maximum atomic E-state index is 12.9.